The molecule has 0 aromatic carbocycles. The Hall–Kier alpha value is -0.820. The summed E-state index contributed by atoms with van der Waals surface area (Å²) in [6.07, 6.45) is -3.37. The van der Waals surface area contributed by atoms with Gasteiger partial charge in [0.05, 0.1) is 19.8 Å². The fourth-order valence-electron chi connectivity index (χ4n) is 3.30. The van der Waals surface area contributed by atoms with Gasteiger partial charge in [0, 0.05) is 46.8 Å². The molecule has 1 atom stereocenters. The van der Waals surface area contributed by atoms with Gasteiger partial charge >= 0.3 is 6.18 Å². The van der Waals surface area contributed by atoms with Crippen LogP contribution in [-0.2, 0) is 9.53 Å². The van der Waals surface area contributed by atoms with Crippen molar-refractivity contribution in [2.24, 2.45) is 10.9 Å². The summed E-state index contributed by atoms with van der Waals surface area (Å²) in [6, 6.07) is 0. The van der Waals surface area contributed by atoms with Gasteiger partial charge in [-0.1, -0.05) is 0 Å². The summed E-state index contributed by atoms with van der Waals surface area (Å²) in [7, 11) is 2.76. The molecule has 0 saturated carbocycles. The van der Waals surface area contributed by atoms with Crippen LogP contribution in [0.3, 0.4) is 0 Å². The molecule has 2 fully saturated rings. The van der Waals surface area contributed by atoms with Crippen LogP contribution in [0.2, 0.25) is 0 Å². The van der Waals surface area contributed by atoms with E-state index in [-0.39, 0.29) is 30.5 Å². The molecule has 1 amide bonds. The van der Waals surface area contributed by atoms with E-state index in [0.717, 1.165) is 59.4 Å². The first-order valence-electron chi connectivity index (χ1n) is 8.85. The van der Waals surface area contributed by atoms with Crippen LogP contribution in [0, 0.1) is 5.92 Å². The topological polar surface area (TPSA) is 60.4 Å². The number of halogens is 4. The van der Waals surface area contributed by atoms with Crippen LogP contribution in [0.5, 0.6) is 0 Å². The maximum Gasteiger partial charge on any atom is 0.406 e. The van der Waals surface area contributed by atoms with Crippen LogP contribution in [0.4, 0.5) is 13.2 Å². The number of rotatable bonds is 5. The number of alkyl halides is 3. The SMILES string of the molecule is CN=C(NCC(=O)N(C)CC(F)(F)F)N1CCC(CN2CCOCC2)C1.I. The number of nitrogens with zero attached hydrogens (tertiary/aromatic N) is 4. The highest BCUT2D eigenvalue weighted by atomic mass is 127. The standard InChI is InChI=1S/C16H28F3N5O2.HI/c1-20-15(21-9-14(25)22(2)12-16(17,18)19)24-4-3-13(11-24)10-23-5-7-26-8-6-23;/h13H,3-12H2,1-2H3,(H,20,21);1H. The molecule has 0 spiro atoms. The van der Waals surface area contributed by atoms with E-state index in [1.807, 2.05) is 0 Å². The van der Waals surface area contributed by atoms with E-state index in [4.69, 9.17) is 4.74 Å². The average molecular weight is 507 g/mol. The number of amides is 1. The number of ether oxygens (including phenoxy) is 1. The molecule has 11 heteroatoms. The smallest absolute Gasteiger partial charge is 0.379 e. The molecule has 2 saturated heterocycles. The van der Waals surface area contributed by atoms with Crippen LogP contribution in [-0.4, -0.2) is 106 Å². The van der Waals surface area contributed by atoms with Crippen LogP contribution in [0.15, 0.2) is 4.99 Å². The van der Waals surface area contributed by atoms with Crippen molar-refractivity contribution in [3.63, 3.8) is 0 Å². The summed E-state index contributed by atoms with van der Waals surface area (Å²) < 4.78 is 42.4. The first-order valence-corrected chi connectivity index (χ1v) is 8.85. The Morgan fingerprint density at radius 1 is 1.30 bits per heavy atom. The molecule has 7 nitrogen and oxygen atoms in total. The molecular formula is C16H29F3IN5O2. The highest BCUT2D eigenvalue weighted by molar-refractivity contribution is 14.0. The number of hydrogen-bond donors (Lipinski definition) is 1. The first-order chi connectivity index (χ1) is 12.3. The number of hydrogen-bond acceptors (Lipinski definition) is 4. The quantitative estimate of drug-likeness (QED) is 0.340. The number of morpholine rings is 1. The maximum atomic E-state index is 12.4. The van der Waals surface area contributed by atoms with Crippen LogP contribution in [0.25, 0.3) is 0 Å². The zero-order chi connectivity index (χ0) is 19.2. The largest absolute Gasteiger partial charge is 0.406 e. The molecule has 0 aliphatic carbocycles. The molecule has 2 heterocycles. The molecule has 0 radical (unpaired) electrons. The molecule has 2 rings (SSSR count). The molecule has 0 aromatic rings. The molecule has 0 aromatic heterocycles. The Balaban J connectivity index is 0.00000364. The van der Waals surface area contributed by atoms with Gasteiger partial charge in [-0.25, -0.2) is 0 Å². The fraction of sp³-hybridized carbons (Fsp3) is 0.875. The Kier molecular flexibility index (Phi) is 10.1. The Labute approximate surface area is 175 Å². The Morgan fingerprint density at radius 2 is 1.96 bits per heavy atom. The molecule has 2 aliphatic heterocycles. The second kappa shape index (κ2) is 11.2. The van der Waals surface area contributed by atoms with E-state index in [2.05, 4.69) is 20.1 Å². The van der Waals surface area contributed by atoms with E-state index < -0.39 is 18.6 Å². The van der Waals surface area contributed by atoms with Gasteiger partial charge in [-0.05, 0) is 12.3 Å². The highest BCUT2D eigenvalue weighted by Crippen LogP contribution is 2.18. The van der Waals surface area contributed by atoms with E-state index >= 15 is 0 Å². The van der Waals surface area contributed by atoms with Crippen molar-refractivity contribution in [2.45, 2.75) is 12.6 Å². The lowest BCUT2D eigenvalue weighted by Gasteiger charge is -2.29. The highest BCUT2D eigenvalue weighted by Gasteiger charge is 2.31. The number of aliphatic imine (C=N–C) groups is 1. The molecule has 27 heavy (non-hydrogen) atoms. The van der Waals surface area contributed by atoms with Crippen molar-refractivity contribution >= 4 is 35.8 Å². The number of likely N-dealkylation sites (tertiary alicyclic amines) is 1. The van der Waals surface area contributed by atoms with E-state index in [9.17, 15) is 18.0 Å². The van der Waals surface area contributed by atoms with Gasteiger partial charge in [0.2, 0.25) is 5.91 Å². The second-order valence-electron chi connectivity index (χ2n) is 6.78. The van der Waals surface area contributed by atoms with Crippen LogP contribution >= 0.6 is 24.0 Å². The lowest BCUT2D eigenvalue weighted by atomic mass is 10.1. The molecular weight excluding hydrogens is 478 g/mol. The summed E-state index contributed by atoms with van der Waals surface area (Å²) >= 11 is 0. The molecule has 1 unspecified atom stereocenters. The normalized spacial score (nSPS) is 21.7. The third-order valence-corrected chi connectivity index (χ3v) is 4.66. The Morgan fingerprint density at radius 3 is 2.56 bits per heavy atom. The fourth-order valence-corrected chi connectivity index (χ4v) is 3.30. The molecule has 158 valence electrons. The van der Waals surface area contributed by atoms with E-state index in [1.165, 1.54) is 0 Å². The number of nitrogens with one attached hydrogen (secondary N) is 1. The molecule has 1 N–H and O–H groups in total. The number of guanidine groups is 1. The monoisotopic (exact) mass is 507 g/mol. The number of carbonyl (C=O) groups is 1. The maximum absolute atomic E-state index is 12.4. The van der Waals surface area contributed by atoms with Gasteiger partial charge in [-0.3, -0.25) is 14.7 Å². The van der Waals surface area contributed by atoms with Crippen molar-refractivity contribution in [1.82, 2.24) is 20.0 Å². The van der Waals surface area contributed by atoms with Crippen LogP contribution in [0.1, 0.15) is 6.42 Å². The van der Waals surface area contributed by atoms with Gasteiger partial charge in [0.25, 0.3) is 0 Å². The second-order valence-corrected chi connectivity index (χ2v) is 6.78. The van der Waals surface area contributed by atoms with Gasteiger partial charge in [0.15, 0.2) is 5.96 Å². The average Bonchev–Trinajstić information content (AvgIpc) is 3.03. The minimum Gasteiger partial charge on any atom is -0.379 e. The van der Waals surface area contributed by atoms with Crippen molar-refractivity contribution in [3.05, 3.63) is 0 Å². The van der Waals surface area contributed by atoms with E-state index in [0.29, 0.717) is 16.8 Å². The minimum absolute atomic E-state index is 0. The van der Waals surface area contributed by atoms with Crippen molar-refractivity contribution < 1.29 is 22.7 Å². The van der Waals surface area contributed by atoms with Crippen molar-refractivity contribution in [3.8, 4) is 0 Å². The zero-order valence-electron chi connectivity index (χ0n) is 15.8. The zero-order valence-corrected chi connectivity index (χ0v) is 18.1. The van der Waals surface area contributed by atoms with Gasteiger partial charge < -0.3 is 19.9 Å². The van der Waals surface area contributed by atoms with Crippen molar-refractivity contribution in [1.29, 1.82) is 0 Å². The summed E-state index contributed by atoms with van der Waals surface area (Å²) in [5, 5.41) is 2.89. The number of carbonyl (C=O) groups excluding carboxylic acids is 1. The van der Waals surface area contributed by atoms with Gasteiger partial charge in [-0.15, -0.1) is 24.0 Å². The molecule has 0 bridgehead atoms. The first kappa shape index (κ1) is 24.2. The third-order valence-electron chi connectivity index (χ3n) is 4.66. The van der Waals surface area contributed by atoms with Gasteiger partial charge in [0.1, 0.15) is 6.54 Å². The van der Waals surface area contributed by atoms with E-state index in [1.54, 1.807) is 7.05 Å². The predicted molar refractivity (Wildman–Crippen MR) is 107 cm³/mol. The lowest BCUT2D eigenvalue weighted by Crippen LogP contribution is -2.47. The molecule has 2 aliphatic rings. The minimum atomic E-state index is -4.40. The summed E-state index contributed by atoms with van der Waals surface area (Å²) in [6.45, 7) is 4.63. The van der Waals surface area contributed by atoms with Crippen LogP contribution < -0.4 is 5.32 Å². The predicted octanol–water partition coefficient (Wildman–Crippen LogP) is 0.855. The summed E-state index contributed by atoms with van der Waals surface area (Å²) in [4.78, 5) is 21.1. The summed E-state index contributed by atoms with van der Waals surface area (Å²) in [5.74, 6) is 0.450. The Bertz CT molecular complexity index is 501. The lowest BCUT2D eigenvalue weighted by molar-refractivity contribution is -0.157. The number of likely N-dealkylation sites (N-methyl/N-ethyl adjacent to an activating group) is 1. The van der Waals surface area contributed by atoms with Gasteiger partial charge in [-0.2, -0.15) is 13.2 Å². The van der Waals surface area contributed by atoms with Crippen molar-refractivity contribution in [2.75, 3.05) is 73.1 Å². The third kappa shape index (κ3) is 8.38. The summed E-state index contributed by atoms with van der Waals surface area (Å²) in [5.41, 5.74) is 0.